The number of aromatic nitrogens is 1. The molecule has 1 N–H and O–H groups in total. The van der Waals surface area contributed by atoms with E-state index in [4.69, 9.17) is 4.74 Å². The molecule has 0 unspecified atom stereocenters. The quantitative estimate of drug-likeness (QED) is 0.561. The highest BCUT2D eigenvalue weighted by Crippen LogP contribution is 2.25. The summed E-state index contributed by atoms with van der Waals surface area (Å²) in [5, 5.41) is 3.40. The second-order valence-electron chi connectivity index (χ2n) is 6.20. The molecular formula is C21H26N2O2. The first-order valence-electron chi connectivity index (χ1n) is 8.64. The number of ether oxygens (including phenoxy) is 1. The molecule has 0 spiro atoms. The van der Waals surface area contributed by atoms with E-state index in [1.54, 1.807) is 6.20 Å². The summed E-state index contributed by atoms with van der Waals surface area (Å²) < 4.78 is 4.69. The molecule has 1 aromatic carbocycles. The monoisotopic (exact) mass is 338 g/mol. The van der Waals surface area contributed by atoms with Crippen molar-refractivity contribution in [3.05, 3.63) is 66.0 Å². The second kappa shape index (κ2) is 9.62. The molecule has 0 aliphatic heterocycles. The molecule has 0 fully saturated rings. The van der Waals surface area contributed by atoms with Crippen LogP contribution in [0.4, 0.5) is 5.69 Å². The molecule has 132 valence electrons. The third-order valence-electron chi connectivity index (χ3n) is 3.78. The number of nitrogens with one attached hydrogen (secondary N) is 1. The maximum atomic E-state index is 11.3. The van der Waals surface area contributed by atoms with Crippen LogP contribution in [0.25, 0.3) is 5.57 Å². The van der Waals surface area contributed by atoms with Gasteiger partial charge in [0, 0.05) is 36.1 Å². The molecule has 2 aromatic rings. The topological polar surface area (TPSA) is 51.2 Å². The lowest BCUT2D eigenvalue weighted by Crippen LogP contribution is -2.09. The van der Waals surface area contributed by atoms with E-state index in [0.29, 0.717) is 12.5 Å². The van der Waals surface area contributed by atoms with Crippen molar-refractivity contribution in [2.24, 2.45) is 0 Å². The predicted octanol–water partition coefficient (Wildman–Crippen LogP) is 4.68. The van der Waals surface area contributed by atoms with Crippen LogP contribution in [-0.2, 0) is 9.53 Å². The van der Waals surface area contributed by atoms with Crippen LogP contribution in [0.1, 0.15) is 44.2 Å². The predicted molar refractivity (Wildman–Crippen MR) is 102 cm³/mol. The maximum absolute atomic E-state index is 11.3. The molecular weight excluding hydrogens is 312 g/mol. The van der Waals surface area contributed by atoms with Crippen LogP contribution in [0.5, 0.6) is 0 Å². The van der Waals surface area contributed by atoms with E-state index >= 15 is 0 Å². The van der Waals surface area contributed by atoms with E-state index < -0.39 is 0 Å². The van der Waals surface area contributed by atoms with Gasteiger partial charge in [0.05, 0.1) is 7.11 Å². The minimum atomic E-state index is -0.166. The number of rotatable bonds is 8. The highest BCUT2D eigenvalue weighted by atomic mass is 16.5. The Balaban J connectivity index is 2.18. The van der Waals surface area contributed by atoms with Gasteiger partial charge in [0.1, 0.15) is 0 Å². The largest absolute Gasteiger partial charge is 0.469 e. The zero-order chi connectivity index (χ0) is 18.1. The van der Waals surface area contributed by atoms with Gasteiger partial charge in [-0.15, -0.1) is 0 Å². The van der Waals surface area contributed by atoms with Crippen LogP contribution in [-0.4, -0.2) is 24.1 Å². The zero-order valence-electron chi connectivity index (χ0n) is 15.2. The number of esters is 1. The fourth-order valence-corrected chi connectivity index (χ4v) is 2.60. The molecule has 0 saturated carbocycles. The zero-order valence-corrected chi connectivity index (χ0v) is 15.2. The molecule has 4 heteroatoms. The Hall–Kier alpha value is -2.62. The van der Waals surface area contributed by atoms with Crippen molar-refractivity contribution in [3.63, 3.8) is 0 Å². The number of hydrogen-bond donors (Lipinski definition) is 1. The Morgan fingerprint density at radius 3 is 2.56 bits per heavy atom. The van der Waals surface area contributed by atoms with Crippen LogP contribution in [0.15, 0.2) is 54.9 Å². The smallest absolute Gasteiger partial charge is 0.305 e. The summed E-state index contributed by atoms with van der Waals surface area (Å²) in [6, 6.07) is 12.8. The fourth-order valence-electron chi connectivity index (χ4n) is 2.60. The highest BCUT2D eigenvalue weighted by Gasteiger charge is 2.06. The third kappa shape index (κ3) is 6.07. The summed E-state index contributed by atoms with van der Waals surface area (Å²) in [4.78, 5) is 15.5. The molecule has 1 heterocycles. The molecule has 0 saturated heterocycles. The van der Waals surface area contributed by atoms with Gasteiger partial charge < -0.3 is 10.1 Å². The number of methoxy groups -OCH3 is 1. The molecule has 25 heavy (non-hydrogen) atoms. The molecule has 0 aliphatic rings. The number of allylic oxidation sites excluding steroid dienone is 1. The van der Waals surface area contributed by atoms with Gasteiger partial charge in [0.25, 0.3) is 0 Å². The third-order valence-corrected chi connectivity index (χ3v) is 3.78. The van der Waals surface area contributed by atoms with Crippen molar-refractivity contribution >= 4 is 17.2 Å². The number of carbonyl (C=O) groups excluding carboxylic acids is 1. The molecule has 0 amide bonds. The normalized spacial score (nSPS) is 11.4. The number of anilines is 1. The molecule has 1 aromatic heterocycles. The van der Waals surface area contributed by atoms with Gasteiger partial charge in [0.2, 0.25) is 0 Å². The number of benzene rings is 1. The van der Waals surface area contributed by atoms with Crippen LogP contribution in [0.2, 0.25) is 0 Å². The Labute approximate surface area is 149 Å². The summed E-state index contributed by atoms with van der Waals surface area (Å²) in [7, 11) is 1.42. The Morgan fingerprint density at radius 2 is 1.96 bits per heavy atom. The van der Waals surface area contributed by atoms with E-state index in [0.717, 1.165) is 35.2 Å². The molecule has 0 aliphatic carbocycles. The lowest BCUT2D eigenvalue weighted by Gasteiger charge is -2.12. The van der Waals surface area contributed by atoms with E-state index in [2.05, 4.69) is 60.6 Å². The number of carbonyl (C=O) groups is 1. The van der Waals surface area contributed by atoms with Crippen molar-refractivity contribution in [1.82, 2.24) is 4.98 Å². The molecule has 4 nitrogen and oxygen atoms in total. The molecule has 0 bridgehead atoms. The molecule has 0 atom stereocenters. The number of pyridine rings is 1. The number of nitrogens with zero attached hydrogens (tertiary/aromatic N) is 1. The fraction of sp³-hybridized carbons (Fsp3) is 0.333. The van der Waals surface area contributed by atoms with E-state index in [1.165, 1.54) is 7.11 Å². The van der Waals surface area contributed by atoms with Crippen molar-refractivity contribution in [2.45, 2.75) is 39.2 Å². The Kier molecular flexibility index (Phi) is 7.20. The first-order valence-corrected chi connectivity index (χ1v) is 8.64. The van der Waals surface area contributed by atoms with Crippen molar-refractivity contribution in [3.8, 4) is 0 Å². The summed E-state index contributed by atoms with van der Waals surface area (Å²) in [5.74, 6) is -0.166. The standard InChI is InChI=1S/C21H26N2O2/c1-16(2)23-19-12-10-17(11-13-19)20(18-7-6-14-22-15-18)8-4-5-9-21(24)25-3/h6-8,10-16,23H,4-5,9H2,1-3H3. The Morgan fingerprint density at radius 1 is 1.20 bits per heavy atom. The summed E-state index contributed by atoms with van der Waals surface area (Å²) in [5.41, 5.74) is 4.45. The van der Waals surface area contributed by atoms with E-state index in [9.17, 15) is 4.79 Å². The average Bonchev–Trinajstić information content (AvgIpc) is 2.62. The summed E-state index contributed by atoms with van der Waals surface area (Å²) in [6.07, 6.45) is 7.82. The first-order chi connectivity index (χ1) is 12.1. The molecule has 0 radical (unpaired) electrons. The number of unbranched alkanes of at least 4 members (excludes halogenated alkanes) is 1. The van der Waals surface area contributed by atoms with Crippen molar-refractivity contribution in [2.75, 3.05) is 12.4 Å². The van der Waals surface area contributed by atoms with Gasteiger partial charge in [0.15, 0.2) is 0 Å². The van der Waals surface area contributed by atoms with Gasteiger partial charge in [-0.2, -0.15) is 0 Å². The van der Waals surface area contributed by atoms with Crippen molar-refractivity contribution in [1.29, 1.82) is 0 Å². The van der Waals surface area contributed by atoms with Gasteiger partial charge >= 0.3 is 5.97 Å². The van der Waals surface area contributed by atoms with Crippen LogP contribution in [0.3, 0.4) is 0 Å². The average molecular weight is 338 g/mol. The van der Waals surface area contributed by atoms with Crippen LogP contribution < -0.4 is 5.32 Å². The van der Waals surface area contributed by atoms with Gasteiger partial charge in [-0.1, -0.05) is 24.3 Å². The SMILES string of the molecule is COC(=O)CCCC=C(c1ccc(NC(C)C)cc1)c1cccnc1. The summed E-state index contributed by atoms with van der Waals surface area (Å²) >= 11 is 0. The Bertz CT molecular complexity index is 692. The minimum Gasteiger partial charge on any atom is -0.469 e. The summed E-state index contributed by atoms with van der Waals surface area (Å²) in [6.45, 7) is 4.24. The van der Waals surface area contributed by atoms with Crippen molar-refractivity contribution < 1.29 is 9.53 Å². The van der Waals surface area contributed by atoms with Gasteiger partial charge in [-0.25, -0.2) is 0 Å². The lowest BCUT2D eigenvalue weighted by atomic mass is 9.97. The van der Waals surface area contributed by atoms with E-state index in [1.807, 2.05) is 12.3 Å². The van der Waals surface area contributed by atoms with Gasteiger partial charge in [-0.05, 0) is 56.0 Å². The number of hydrogen-bond acceptors (Lipinski definition) is 4. The highest BCUT2D eigenvalue weighted by molar-refractivity contribution is 5.80. The second-order valence-corrected chi connectivity index (χ2v) is 6.20. The minimum absolute atomic E-state index is 0.166. The maximum Gasteiger partial charge on any atom is 0.305 e. The molecule has 2 rings (SSSR count). The van der Waals surface area contributed by atoms with Gasteiger partial charge in [-0.3, -0.25) is 9.78 Å². The van der Waals surface area contributed by atoms with E-state index in [-0.39, 0.29) is 5.97 Å². The van der Waals surface area contributed by atoms with Crippen LogP contribution in [0, 0.1) is 0 Å². The first kappa shape index (κ1) is 18.7. The van der Waals surface area contributed by atoms with Crippen LogP contribution >= 0.6 is 0 Å². The lowest BCUT2D eigenvalue weighted by molar-refractivity contribution is -0.140.